The molecule has 2 aromatic rings. The molecule has 2 aliphatic heterocycles. The van der Waals surface area contributed by atoms with E-state index in [1.54, 1.807) is 30.3 Å². The lowest BCUT2D eigenvalue weighted by Gasteiger charge is -2.42. The Morgan fingerprint density at radius 1 is 0.968 bits per heavy atom. The lowest BCUT2D eigenvalue weighted by atomic mass is 9.73. The van der Waals surface area contributed by atoms with E-state index in [4.69, 9.17) is 4.74 Å². The molecule has 2 heterocycles. The third-order valence-corrected chi connectivity index (χ3v) is 10.1. The van der Waals surface area contributed by atoms with E-state index < -0.39 is 10.0 Å². The largest absolute Gasteiger partial charge is 0.381 e. The van der Waals surface area contributed by atoms with Crippen molar-refractivity contribution in [1.82, 2.24) is 0 Å². The van der Waals surface area contributed by atoms with Crippen molar-refractivity contribution >= 4 is 53.3 Å². The van der Waals surface area contributed by atoms with Crippen LogP contribution in [0.5, 0.6) is 0 Å². The summed E-state index contributed by atoms with van der Waals surface area (Å²) in [7, 11) is -3.71. The van der Waals surface area contributed by atoms with Gasteiger partial charge in [-0.15, -0.1) is 0 Å². The van der Waals surface area contributed by atoms with Gasteiger partial charge in [0.15, 0.2) is 0 Å². The number of halogens is 2. The Balaban J connectivity index is 1.43. The summed E-state index contributed by atoms with van der Waals surface area (Å²) < 4.78 is 36.7. The standard InChI is InChI=1S/C23H26Br2N2O3S/c24-19-8-6-15(12-20(19)25)27-31(28,29)16-7-9-21-18(13-16)23-17(10-11-30-23)22(26-21)14-4-2-1-3-5-14/h6-9,12-14,17,22-23,26-27H,1-5,10-11H2. The number of hydrogen-bond donors (Lipinski definition) is 2. The van der Waals surface area contributed by atoms with E-state index in [0.717, 1.165) is 33.2 Å². The van der Waals surface area contributed by atoms with E-state index in [2.05, 4.69) is 41.9 Å². The van der Waals surface area contributed by atoms with Gasteiger partial charge in [-0.05, 0) is 93.4 Å². The maximum absolute atomic E-state index is 13.1. The molecular weight excluding hydrogens is 544 g/mol. The predicted molar refractivity (Wildman–Crippen MR) is 130 cm³/mol. The highest BCUT2D eigenvalue weighted by molar-refractivity contribution is 9.13. The zero-order valence-corrected chi connectivity index (χ0v) is 21.1. The van der Waals surface area contributed by atoms with Crippen molar-refractivity contribution in [2.24, 2.45) is 11.8 Å². The molecule has 5 rings (SSSR count). The zero-order valence-electron chi connectivity index (χ0n) is 17.1. The second-order valence-electron chi connectivity index (χ2n) is 8.80. The Morgan fingerprint density at radius 2 is 1.77 bits per heavy atom. The van der Waals surface area contributed by atoms with Crippen molar-refractivity contribution < 1.29 is 13.2 Å². The van der Waals surface area contributed by atoms with Crippen LogP contribution in [0.2, 0.25) is 0 Å². The molecule has 1 saturated heterocycles. The summed E-state index contributed by atoms with van der Waals surface area (Å²) in [6.07, 6.45) is 7.50. The average molecular weight is 570 g/mol. The van der Waals surface area contributed by atoms with Crippen molar-refractivity contribution in [2.75, 3.05) is 16.6 Å². The monoisotopic (exact) mass is 568 g/mol. The van der Waals surface area contributed by atoms with Gasteiger partial charge in [0.05, 0.1) is 16.7 Å². The van der Waals surface area contributed by atoms with Gasteiger partial charge in [-0.3, -0.25) is 4.72 Å². The predicted octanol–water partition coefficient (Wildman–Crippen LogP) is 6.46. The fraction of sp³-hybridized carbons (Fsp3) is 0.478. The summed E-state index contributed by atoms with van der Waals surface area (Å²) in [4.78, 5) is 0.262. The maximum atomic E-state index is 13.1. The summed E-state index contributed by atoms with van der Waals surface area (Å²) in [5, 5.41) is 3.77. The van der Waals surface area contributed by atoms with Gasteiger partial charge in [-0.1, -0.05) is 19.3 Å². The minimum atomic E-state index is -3.71. The molecule has 2 aromatic carbocycles. The Labute approximate surface area is 200 Å². The molecule has 0 amide bonds. The first kappa shape index (κ1) is 21.7. The quantitative estimate of drug-likeness (QED) is 0.443. The molecule has 0 radical (unpaired) electrons. The van der Waals surface area contributed by atoms with Gasteiger partial charge >= 0.3 is 0 Å². The molecule has 3 atom stereocenters. The van der Waals surface area contributed by atoms with Gasteiger partial charge in [0.1, 0.15) is 0 Å². The topological polar surface area (TPSA) is 67.4 Å². The molecule has 0 bridgehead atoms. The molecule has 0 aromatic heterocycles. The fourth-order valence-electron chi connectivity index (χ4n) is 5.39. The average Bonchev–Trinajstić information content (AvgIpc) is 3.26. The molecule has 166 valence electrons. The van der Waals surface area contributed by atoms with Crippen LogP contribution < -0.4 is 10.0 Å². The SMILES string of the molecule is O=S(=O)(Nc1ccc(Br)c(Br)c1)c1ccc2c(c1)C1OCCC1C(C1CCCCC1)N2. The van der Waals surface area contributed by atoms with E-state index in [1.165, 1.54) is 32.1 Å². The molecule has 5 nitrogen and oxygen atoms in total. The second-order valence-corrected chi connectivity index (χ2v) is 12.2. The molecule has 1 saturated carbocycles. The van der Waals surface area contributed by atoms with E-state index in [0.29, 0.717) is 23.6 Å². The van der Waals surface area contributed by atoms with Crippen molar-refractivity contribution in [3.8, 4) is 0 Å². The molecule has 0 spiro atoms. The highest BCUT2D eigenvalue weighted by Gasteiger charge is 2.44. The van der Waals surface area contributed by atoms with Crippen LogP contribution in [0, 0.1) is 11.8 Å². The van der Waals surface area contributed by atoms with Gasteiger partial charge in [0, 0.05) is 38.8 Å². The smallest absolute Gasteiger partial charge is 0.261 e. The normalized spacial score (nSPS) is 26.1. The number of benzene rings is 2. The van der Waals surface area contributed by atoms with Crippen molar-refractivity contribution in [2.45, 2.75) is 55.6 Å². The summed E-state index contributed by atoms with van der Waals surface area (Å²) in [5.41, 5.74) is 2.50. The fourth-order valence-corrected chi connectivity index (χ4v) is 7.10. The van der Waals surface area contributed by atoms with Gasteiger partial charge in [0.2, 0.25) is 0 Å². The molecular formula is C23H26Br2N2O3S. The number of sulfonamides is 1. The summed E-state index contributed by atoms with van der Waals surface area (Å²) >= 11 is 6.83. The number of nitrogens with one attached hydrogen (secondary N) is 2. The van der Waals surface area contributed by atoms with Crippen LogP contribution >= 0.6 is 31.9 Å². The van der Waals surface area contributed by atoms with Crippen LogP contribution in [-0.4, -0.2) is 21.1 Å². The van der Waals surface area contributed by atoms with Crippen LogP contribution in [0.1, 0.15) is 50.2 Å². The van der Waals surface area contributed by atoms with E-state index in [1.807, 2.05) is 6.07 Å². The lowest BCUT2D eigenvalue weighted by Crippen LogP contribution is -2.42. The van der Waals surface area contributed by atoms with Crippen molar-refractivity contribution in [3.63, 3.8) is 0 Å². The number of fused-ring (bicyclic) bond motifs is 3. The lowest BCUT2D eigenvalue weighted by molar-refractivity contribution is 0.0730. The van der Waals surface area contributed by atoms with Gasteiger partial charge in [-0.2, -0.15) is 0 Å². The van der Waals surface area contributed by atoms with Gasteiger partial charge < -0.3 is 10.1 Å². The summed E-state index contributed by atoms with van der Waals surface area (Å²) in [6, 6.07) is 11.1. The molecule has 3 unspecified atom stereocenters. The molecule has 1 aliphatic carbocycles. The number of ether oxygens (including phenoxy) is 1. The number of rotatable bonds is 4. The van der Waals surface area contributed by atoms with Gasteiger partial charge in [0.25, 0.3) is 10.0 Å². The number of hydrogen-bond acceptors (Lipinski definition) is 4. The Bertz CT molecular complexity index is 1090. The van der Waals surface area contributed by atoms with Crippen LogP contribution in [0.15, 0.2) is 50.2 Å². The minimum Gasteiger partial charge on any atom is -0.381 e. The first-order chi connectivity index (χ1) is 14.9. The van der Waals surface area contributed by atoms with Crippen molar-refractivity contribution in [1.29, 1.82) is 0 Å². The second kappa shape index (κ2) is 8.69. The zero-order chi connectivity index (χ0) is 21.6. The summed E-state index contributed by atoms with van der Waals surface area (Å²) in [5.74, 6) is 1.08. The Morgan fingerprint density at radius 3 is 2.55 bits per heavy atom. The summed E-state index contributed by atoms with van der Waals surface area (Å²) in [6.45, 7) is 0.738. The third kappa shape index (κ3) is 4.28. The Hall–Kier alpha value is -1.09. The van der Waals surface area contributed by atoms with E-state index in [-0.39, 0.29) is 11.0 Å². The minimum absolute atomic E-state index is 0.0276. The van der Waals surface area contributed by atoms with Gasteiger partial charge in [-0.25, -0.2) is 8.42 Å². The molecule has 3 aliphatic rings. The van der Waals surface area contributed by atoms with Crippen molar-refractivity contribution in [3.05, 3.63) is 50.9 Å². The van der Waals surface area contributed by atoms with Crippen LogP contribution in [0.4, 0.5) is 11.4 Å². The first-order valence-electron chi connectivity index (χ1n) is 10.9. The highest BCUT2D eigenvalue weighted by atomic mass is 79.9. The maximum Gasteiger partial charge on any atom is 0.261 e. The first-order valence-corrected chi connectivity index (χ1v) is 14.0. The van der Waals surface area contributed by atoms with Crippen LogP contribution in [0.25, 0.3) is 0 Å². The van der Waals surface area contributed by atoms with Crippen LogP contribution in [0.3, 0.4) is 0 Å². The third-order valence-electron chi connectivity index (χ3n) is 6.89. The van der Waals surface area contributed by atoms with E-state index in [9.17, 15) is 8.42 Å². The van der Waals surface area contributed by atoms with E-state index >= 15 is 0 Å². The Kier molecular flexibility index (Phi) is 6.09. The highest BCUT2D eigenvalue weighted by Crippen LogP contribution is 2.48. The molecule has 8 heteroatoms. The van der Waals surface area contributed by atoms with Crippen LogP contribution in [-0.2, 0) is 14.8 Å². The molecule has 31 heavy (non-hydrogen) atoms. The number of anilines is 2. The molecule has 2 N–H and O–H groups in total. The molecule has 2 fully saturated rings.